The van der Waals surface area contributed by atoms with Crippen LogP contribution in [-0.2, 0) is 16.0 Å². The van der Waals surface area contributed by atoms with Crippen LogP contribution in [0, 0.1) is 0 Å². The maximum atomic E-state index is 12.4. The van der Waals surface area contributed by atoms with Crippen LogP contribution in [0.15, 0.2) is 66.7 Å². The highest BCUT2D eigenvalue weighted by Gasteiger charge is 2.16. The lowest BCUT2D eigenvalue weighted by atomic mass is 10.0. The van der Waals surface area contributed by atoms with Crippen molar-refractivity contribution in [1.82, 2.24) is 4.98 Å². The number of carbonyl (C=O) groups is 2. The molecule has 0 aliphatic heterocycles. The Labute approximate surface area is 170 Å². The number of esters is 1. The lowest BCUT2D eigenvalue weighted by molar-refractivity contribution is -0.143. The van der Waals surface area contributed by atoms with Crippen molar-refractivity contribution >= 4 is 11.8 Å². The third-order valence-electron chi connectivity index (χ3n) is 4.48. The van der Waals surface area contributed by atoms with E-state index in [-0.39, 0.29) is 36.7 Å². The van der Waals surface area contributed by atoms with Crippen LogP contribution in [0.25, 0.3) is 11.1 Å². The lowest BCUT2D eigenvalue weighted by Gasteiger charge is -2.08. The van der Waals surface area contributed by atoms with Gasteiger partial charge in [0, 0.05) is 18.5 Å². The number of Topliss-reactive ketones (excluding diaryl/α,β-unsaturated/α-hetero) is 1. The summed E-state index contributed by atoms with van der Waals surface area (Å²) in [6, 6.07) is 21.4. The van der Waals surface area contributed by atoms with Gasteiger partial charge in [-0.25, -0.2) is 4.98 Å². The number of nitrogens with zero attached hydrogens (tertiary/aromatic N) is 1. The standard InChI is InChI=1S/C24H23NO4/c1-2-29-23(28)14-13-22(27)24-21(26)12-11-20(25-24)16-17-7-6-10-19(15-17)18-8-4-3-5-9-18/h3-12,15,26H,2,13-14,16H2,1H3. The van der Waals surface area contributed by atoms with Gasteiger partial charge in [-0.3, -0.25) is 9.59 Å². The average Bonchev–Trinajstić information content (AvgIpc) is 2.74. The number of carbonyl (C=O) groups excluding carboxylic acids is 2. The van der Waals surface area contributed by atoms with Crippen LogP contribution in [-0.4, -0.2) is 28.4 Å². The summed E-state index contributed by atoms with van der Waals surface area (Å²) < 4.78 is 4.83. The van der Waals surface area contributed by atoms with Gasteiger partial charge >= 0.3 is 5.97 Å². The van der Waals surface area contributed by atoms with Crippen molar-refractivity contribution in [2.45, 2.75) is 26.2 Å². The Balaban J connectivity index is 1.75. The van der Waals surface area contributed by atoms with E-state index < -0.39 is 5.97 Å². The first-order valence-corrected chi connectivity index (χ1v) is 9.59. The number of hydrogen-bond acceptors (Lipinski definition) is 5. The third kappa shape index (κ3) is 5.51. The van der Waals surface area contributed by atoms with E-state index >= 15 is 0 Å². The second kappa shape index (κ2) is 9.64. The number of rotatable bonds is 8. The molecule has 3 rings (SSSR count). The fourth-order valence-electron chi connectivity index (χ4n) is 3.06. The molecule has 0 fully saturated rings. The summed E-state index contributed by atoms with van der Waals surface area (Å²) in [7, 11) is 0. The molecule has 1 heterocycles. The molecule has 0 aliphatic rings. The fourth-order valence-corrected chi connectivity index (χ4v) is 3.06. The lowest BCUT2D eigenvalue weighted by Crippen LogP contribution is -2.10. The van der Waals surface area contributed by atoms with Gasteiger partial charge in [0.1, 0.15) is 11.4 Å². The maximum absolute atomic E-state index is 12.4. The first-order chi connectivity index (χ1) is 14.1. The Morgan fingerprint density at radius 1 is 0.931 bits per heavy atom. The Hall–Kier alpha value is -3.47. The van der Waals surface area contributed by atoms with Crippen LogP contribution in [0.3, 0.4) is 0 Å². The molecule has 148 valence electrons. The van der Waals surface area contributed by atoms with Gasteiger partial charge in [0.2, 0.25) is 0 Å². The van der Waals surface area contributed by atoms with Gasteiger partial charge < -0.3 is 9.84 Å². The van der Waals surface area contributed by atoms with Gasteiger partial charge in [0.15, 0.2) is 5.78 Å². The normalized spacial score (nSPS) is 10.5. The summed E-state index contributed by atoms with van der Waals surface area (Å²) in [5.74, 6) is -0.995. The van der Waals surface area contributed by atoms with Crippen LogP contribution in [0.1, 0.15) is 41.5 Å². The zero-order chi connectivity index (χ0) is 20.6. The van der Waals surface area contributed by atoms with Crippen molar-refractivity contribution in [3.05, 3.63) is 83.7 Å². The first-order valence-electron chi connectivity index (χ1n) is 9.59. The smallest absolute Gasteiger partial charge is 0.306 e. The van der Waals surface area contributed by atoms with E-state index in [0.29, 0.717) is 12.1 Å². The summed E-state index contributed by atoms with van der Waals surface area (Å²) in [4.78, 5) is 28.2. The highest BCUT2D eigenvalue weighted by Crippen LogP contribution is 2.23. The van der Waals surface area contributed by atoms with Crippen LogP contribution in [0.4, 0.5) is 0 Å². The van der Waals surface area contributed by atoms with Crippen LogP contribution in [0.5, 0.6) is 5.75 Å². The molecule has 29 heavy (non-hydrogen) atoms. The second-order valence-electron chi connectivity index (χ2n) is 6.64. The van der Waals surface area contributed by atoms with Crippen molar-refractivity contribution in [3.8, 4) is 16.9 Å². The highest BCUT2D eigenvalue weighted by atomic mass is 16.5. The predicted molar refractivity (Wildman–Crippen MR) is 111 cm³/mol. The van der Waals surface area contributed by atoms with Crippen molar-refractivity contribution < 1.29 is 19.4 Å². The Morgan fingerprint density at radius 2 is 1.69 bits per heavy atom. The minimum Gasteiger partial charge on any atom is -0.506 e. The molecule has 0 saturated carbocycles. The van der Waals surface area contributed by atoms with Gasteiger partial charge in [0.05, 0.1) is 13.0 Å². The topological polar surface area (TPSA) is 76.5 Å². The quantitative estimate of drug-likeness (QED) is 0.451. The average molecular weight is 389 g/mol. The highest BCUT2D eigenvalue weighted by molar-refractivity contribution is 5.98. The number of aromatic nitrogens is 1. The Bertz CT molecular complexity index is 999. The van der Waals surface area contributed by atoms with Gasteiger partial charge in [-0.05, 0) is 35.7 Å². The molecule has 0 saturated heterocycles. The van der Waals surface area contributed by atoms with E-state index in [9.17, 15) is 14.7 Å². The third-order valence-corrected chi connectivity index (χ3v) is 4.48. The van der Waals surface area contributed by atoms with E-state index in [1.165, 1.54) is 6.07 Å². The molecule has 0 bridgehead atoms. The minimum absolute atomic E-state index is 0.00832. The Morgan fingerprint density at radius 3 is 2.45 bits per heavy atom. The zero-order valence-corrected chi connectivity index (χ0v) is 16.3. The van der Waals surface area contributed by atoms with Crippen molar-refractivity contribution in [2.75, 3.05) is 6.61 Å². The number of ether oxygens (including phenoxy) is 1. The molecule has 1 aromatic heterocycles. The molecule has 0 amide bonds. The van der Waals surface area contributed by atoms with Gasteiger partial charge in [-0.2, -0.15) is 0 Å². The summed E-state index contributed by atoms with van der Waals surface area (Å²) in [5, 5.41) is 10.0. The molecule has 0 radical (unpaired) electrons. The molecule has 2 aromatic carbocycles. The monoisotopic (exact) mass is 389 g/mol. The predicted octanol–water partition coefficient (Wildman–Crippen LogP) is 4.57. The van der Waals surface area contributed by atoms with Crippen molar-refractivity contribution in [3.63, 3.8) is 0 Å². The number of pyridine rings is 1. The zero-order valence-electron chi connectivity index (χ0n) is 16.3. The van der Waals surface area contributed by atoms with Crippen molar-refractivity contribution in [2.24, 2.45) is 0 Å². The molecular weight excluding hydrogens is 366 g/mol. The number of ketones is 1. The fraction of sp³-hybridized carbons (Fsp3) is 0.208. The van der Waals surface area contributed by atoms with E-state index in [4.69, 9.17) is 4.74 Å². The number of hydrogen-bond donors (Lipinski definition) is 1. The van der Waals surface area contributed by atoms with E-state index in [1.807, 2.05) is 36.4 Å². The van der Waals surface area contributed by atoms with Crippen LogP contribution in [0.2, 0.25) is 0 Å². The minimum atomic E-state index is -0.436. The SMILES string of the molecule is CCOC(=O)CCC(=O)c1nc(Cc2cccc(-c3ccccc3)c2)ccc1O. The van der Waals surface area contributed by atoms with Gasteiger partial charge in [0.25, 0.3) is 0 Å². The van der Waals surface area contributed by atoms with E-state index in [0.717, 1.165) is 16.7 Å². The van der Waals surface area contributed by atoms with Gasteiger partial charge in [-0.15, -0.1) is 0 Å². The largest absolute Gasteiger partial charge is 0.506 e. The van der Waals surface area contributed by atoms with Crippen LogP contribution >= 0.6 is 0 Å². The number of benzene rings is 2. The molecule has 1 N–H and O–H groups in total. The molecule has 0 aliphatic carbocycles. The van der Waals surface area contributed by atoms with Crippen LogP contribution < -0.4 is 0 Å². The van der Waals surface area contributed by atoms with Gasteiger partial charge in [-0.1, -0.05) is 54.6 Å². The van der Waals surface area contributed by atoms with E-state index in [1.54, 1.807) is 13.0 Å². The summed E-state index contributed by atoms with van der Waals surface area (Å²) in [5.41, 5.74) is 3.95. The first kappa shape index (κ1) is 20.3. The Kier molecular flexibility index (Phi) is 6.74. The molecule has 3 aromatic rings. The molecule has 0 spiro atoms. The second-order valence-corrected chi connectivity index (χ2v) is 6.64. The molecule has 5 heteroatoms. The summed E-state index contributed by atoms with van der Waals surface area (Å²) in [6.45, 7) is 1.98. The van der Waals surface area contributed by atoms with E-state index in [2.05, 4.69) is 23.2 Å². The summed E-state index contributed by atoms with van der Waals surface area (Å²) in [6.07, 6.45) is 0.447. The summed E-state index contributed by atoms with van der Waals surface area (Å²) >= 11 is 0. The maximum Gasteiger partial charge on any atom is 0.306 e. The molecule has 5 nitrogen and oxygen atoms in total. The molecule has 0 atom stereocenters. The number of aromatic hydroxyl groups is 1. The molecular formula is C24H23NO4. The van der Waals surface area contributed by atoms with Crippen molar-refractivity contribution in [1.29, 1.82) is 0 Å². The molecule has 0 unspecified atom stereocenters.